The first-order chi connectivity index (χ1) is 13.8. The van der Waals surface area contributed by atoms with Crippen molar-refractivity contribution in [2.45, 2.75) is 58.9 Å². The van der Waals surface area contributed by atoms with Gasteiger partial charge in [-0.3, -0.25) is 0 Å². The lowest BCUT2D eigenvalue weighted by atomic mass is 10.0. The zero-order valence-corrected chi connectivity index (χ0v) is 21.3. The summed E-state index contributed by atoms with van der Waals surface area (Å²) in [4.78, 5) is 4.46. The minimum Gasteiger partial charge on any atom is -0.370 e. The van der Waals surface area contributed by atoms with Gasteiger partial charge in [-0.25, -0.2) is 18.1 Å². The van der Waals surface area contributed by atoms with E-state index in [9.17, 15) is 8.42 Å². The average molecular weight is 545 g/mol. The van der Waals surface area contributed by atoms with Gasteiger partial charge in [0.2, 0.25) is 10.0 Å². The van der Waals surface area contributed by atoms with E-state index in [4.69, 9.17) is 5.73 Å². The largest absolute Gasteiger partial charge is 0.370 e. The summed E-state index contributed by atoms with van der Waals surface area (Å²) < 4.78 is 27.2. The summed E-state index contributed by atoms with van der Waals surface area (Å²) in [6.07, 6.45) is 1.79. The lowest BCUT2D eigenvalue weighted by Crippen LogP contribution is -2.31. The number of hydrogen-bond acceptors (Lipinski definition) is 3. The highest BCUT2D eigenvalue weighted by Gasteiger charge is 2.15. The lowest BCUT2D eigenvalue weighted by Gasteiger charge is -2.15. The zero-order chi connectivity index (χ0) is 21.4. The van der Waals surface area contributed by atoms with Crippen molar-refractivity contribution >= 4 is 45.6 Å². The Hall–Kier alpha value is -1.65. The van der Waals surface area contributed by atoms with Gasteiger partial charge in [-0.2, -0.15) is 0 Å². The molecule has 0 amide bonds. The van der Waals surface area contributed by atoms with Gasteiger partial charge in [0.25, 0.3) is 0 Å². The summed E-state index contributed by atoms with van der Waals surface area (Å²) in [5.41, 5.74) is 11.1. The van der Waals surface area contributed by atoms with Gasteiger partial charge in [-0.1, -0.05) is 56.3 Å². The molecule has 30 heavy (non-hydrogen) atoms. The first-order valence-corrected chi connectivity index (χ1v) is 11.7. The second-order valence-corrected chi connectivity index (χ2v) is 9.04. The van der Waals surface area contributed by atoms with Crippen LogP contribution in [0.25, 0.3) is 0 Å². The fourth-order valence-electron chi connectivity index (χ4n) is 3.20. The number of aryl methyl sites for hydroxylation is 2. The number of nitrogens with two attached hydrogens (primary N) is 1. The van der Waals surface area contributed by atoms with Crippen LogP contribution in [0.2, 0.25) is 0 Å². The van der Waals surface area contributed by atoms with Crippen molar-refractivity contribution in [1.82, 2.24) is 4.72 Å². The molecule has 0 aliphatic rings. The minimum atomic E-state index is -3.41. The minimum absolute atomic E-state index is 0. The molecule has 0 fully saturated rings. The van der Waals surface area contributed by atoms with Crippen LogP contribution in [-0.4, -0.2) is 20.4 Å². The Bertz CT molecular complexity index is 937. The maximum atomic E-state index is 12.3. The Balaban J connectivity index is 0.00000450. The van der Waals surface area contributed by atoms with Gasteiger partial charge in [0.1, 0.15) is 0 Å². The molecular formula is C22H33IN4O2S. The molecule has 0 atom stereocenters. The number of nitrogens with one attached hydrogen (secondary N) is 2. The van der Waals surface area contributed by atoms with Crippen molar-refractivity contribution in [2.24, 2.45) is 10.7 Å². The van der Waals surface area contributed by atoms with E-state index in [2.05, 4.69) is 47.1 Å². The molecule has 166 valence electrons. The molecule has 0 saturated heterocycles. The highest BCUT2D eigenvalue weighted by molar-refractivity contribution is 14.0. The third kappa shape index (κ3) is 7.88. The highest BCUT2D eigenvalue weighted by atomic mass is 127. The summed E-state index contributed by atoms with van der Waals surface area (Å²) in [6.45, 7) is 8.13. The third-order valence-corrected chi connectivity index (χ3v) is 6.07. The molecule has 8 heteroatoms. The summed E-state index contributed by atoms with van der Waals surface area (Å²) in [6, 6.07) is 13.5. The normalized spacial score (nSPS) is 12.0. The lowest BCUT2D eigenvalue weighted by molar-refractivity contribution is 0.569. The quantitative estimate of drug-likeness (QED) is 0.251. The molecule has 0 radical (unpaired) electrons. The number of hydrogen-bond donors (Lipinski definition) is 3. The smallest absolute Gasteiger partial charge is 0.216 e. The number of halogens is 1. The number of rotatable bonds is 9. The average Bonchev–Trinajstić information content (AvgIpc) is 2.66. The summed E-state index contributed by atoms with van der Waals surface area (Å²) in [5.74, 6) is 0.238. The summed E-state index contributed by atoms with van der Waals surface area (Å²) in [7, 11) is -3.41. The molecule has 2 rings (SSSR count). The first-order valence-electron chi connectivity index (χ1n) is 10.00. The van der Waals surface area contributed by atoms with Crippen LogP contribution in [0.3, 0.4) is 0 Å². The predicted octanol–water partition coefficient (Wildman–Crippen LogP) is 4.18. The molecule has 2 aromatic rings. The van der Waals surface area contributed by atoms with E-state index in [0.717, 1.165) is 29.7 Å². The van der Waals surface area contributed by atoms with Crippen LogP contribution in [0.5, 0.6) is 0 Å². The van der Waals surface area contributed by atoms with Crippen molar-refractivity contribution in [3.8, 4) is 0 Å². The Morgan fingerprint density at radius 3 is 2.03 bits per heavy atom. The van der Waals surface area contributed by atoms with Crippen LogP contribution < -0.4 is 15.8 Å². The van der Waals surface area contributed by atoms with Crippen molar-refractivity contribution in [2.75, 3.05) is 5.32 Å². The van der Waals surface area contributed by atoms with Crippen molar-refractivity contribution in [3.63, 3.8) is 0 Å². The maximum absolute atomic E-state index is 12.3. The molecule has 4 N–H and O–H groups in total. The standard InChI is InChI=1S/C22H32N4O2S.HI/c1-5-17-12-9-13-18(6-2)21(17)25-22(23)24-14-19-10-7-8-11-20(19)15-29(27,28)26-16(3)4;/h7-13,16,26H,5-6,14-15H2,1-4H3,(H3,23,24,25);1H. The van der Waals surface area contributed by atoms with E-state index in [1.165, 1.54) is 11.1 Å². The topological polar surface area (TPSA) is 96.6 Å². The predicted molar refractivity (Wildman–Crippen MR) is 137 cm³/mol. The molecule has 0 saturated carbocycles. The summed E-state index contributed by atoms with van der Waals surface area (Å²) in [5, 5.41) is 3.24. The molecule has 0 unspecified atom stereocenters. The monoisotopic (exact) mass is 544 g/mol. The second-order valence-electron chi connectivity index (χ2n) is 7.29. The Labute approximate surface area is 197 Å². The van der Waals surface area contributed by atoms with Crippen LogP contribution in [-0.2, 0) is 35.2 Å². The summed E-state index contributed by atoms with van der Waals surface area (Å²) >= 11 is 0. The number of sulfonamides is 1. The molecule has 0 spiro atoms. The molecule has 0 heterocycles. The van der Waals surface area contributed by atoms with E-state index in [1.54, 1.807) is 13.8 Å². The molecular weight excluding hydrogens is 511 g/mol. The van der Waals surface area contributed by atoms with Crippen LogP contribution in [0.15, 0.2) is 47.5 Å². The first kappa shape index (κ1) is 26.4. The van der Waals surface area contributed by atoms with Gasteiger partial charge < -0.3 is 11.1 Å². The van der Waals surface area contributed by atoms with Gasteiger partial charge in [-0.05, 0) is 48.9 Å². The molecule has 0 bridgehead atoms. The third-order valence-electron chi connectivity index (χ3n) is 4.55. The number of aliphatic imine (C=N–C) groups is 1. The van der Waals surface area contributed by atoms with Crippen molar-refractivity contribution in [1.29, 1.82) is 0 Å². The SMILES string of the molecule is CCc1cccc(CC)c1NC(N)=NCc1ccccc1CS(=O)(=O)NC(C)C.I. The van der Waals surface area contributed by atoms with E-state index in [1.807, 2.05) is 24.3 Å². The van der Waals surface area contributed by atoms with Gasteiger partial charge in [0.05, 0.1) is 12.3 Å². The zero-order valence-electron chi connectivity index (χ0n) is 18.1. The van der Waals surface area contributed by atoms with Crippen molar-refractivity contribution in [3.05, 3.63) is 64.7 Å². The Morgan fingerprint density at radius 1 is 0.967 bits per heavy atom. The number of benzene rings is 2. The fourth-order valence-corrected chi connectivity index (χ4v) is 4.69. The van der Waals surface area contributed by atoms with E-state index >= 15 is 0 Å². The number of para-hydroxylation sites is 1. The maximum Gasteiger partial charge on any atom is 0.216 e. The number of anilines is 1. The molecule has 0 aliphatic heterocycles. The Kier molecular flexibility index (Phi) is 10.8. The van der Waals surface area contributed by atoms with Crippen LogP contribution in [0.1, 0.15) is 49.9 Å². The number of nitrogens with zero attached hydrogens (tertiary/aromatic N) is 1. The van der Waals surface area contributed by atoms with Crippen LogP contribution >= 0.6 is 24.0 Å². The van der Waals surface area contributed by atoms with Gasteiger partial charge in [0, 0.05) is 11.7 Å². The van der Waals surface area contributed by atoms with Gasteiger partial charge in [-0.15, -0.1) is 24.0 Å². The van der Waals surface area contributed by atoms with Crippen LogP contribution in [0.4, 0.5) is 5.69 Å². The van der Waals surface area contributed by atoms with E-state index < -0.39 is 10.0 Å². The van der Waals surface area contributed by atoms with Gasteiger partial charge >= 0.3 is 0 Å². The molecule has 0 aromatic heterocycles. The van der Waals surface area contributed by atoms with E-state index in [0.29, 0.717) is 12.5 Å². The number of guanidine groups is 1. The fraction of sp³-hybridized carbons (Fsp3) is 0.409. The molecule has 6 nitrogen and oxygen atoms in total. The van der Waals surface area contributed by atoms with Crippen LogP contribution in [0, 0.1) is 0 Å². The molecule has 2 aromatic carbocycles. The van der Waals surface area contributed by atoms with Crippen molar-refractivity contribution < 1.29 is 8.42 Å². The second kappa shape index (κ2) is 12.3. The van der Waals surface area contributed by atoms with Gasteiger partial charge in [0.15, 0.2) is 5.96 Å². The Morgan fingerprint density at radius 2 is 1.50 bits per heavy atom. The van der Waals surface area contributed by atoms with E-state index in [-0.39, 0.29) is 35.8 Å². The molecule has 0 aliphatic carbocycles. The highest BCUT2D eigenvalue weighted by Crippen LogP contribution is 2.22.